The number of nitrogens with one attached hydrogen (secondary N) is 1. The third-order valence-electron chi connectivity index (χ3n) is 2.91. The van der Waals surface area contributed by atoms with Gasteiger partial charge in [-0.15, -0.1) is 0 Å². The van der Waals surface area contributed by atoms with E-state index in [0.717, 1.165) is 25.2 Å². The first-order chi connectivity index (χ1) is 7.33. The minimum atomic E-state index is 0.736. The molecule has 90 valence electrons. The zero-order chi connectivity index (χ0) is 10.9. The summed E-state index contributed by atoms with van der Waals surface area (Å²) in [5.74, 6) is 0.736. The Morgan fingerprint density at radius 2 is 2.13 bits per heavy atom. The van der Waals surface area contributed by atoms with Crippen molar-refractivity contribution < 1.29 is 4.74 Å². The van der Waals surface area contributed by atoms with Crippen molar-refractivity contribution in [1.29, 1.82) is 0 Å². The van der Waals surface area contributed by atoms with Crippen molar-refractivity contribution >= 4 is 0 Å². The maximum absolute atomic E-state index is 5.64. The summed E-state index contributed by atoms with van der Waals surface area (Å²) in [7, 11) is 0. The first kappa shape index (κ1) is 13.0. The first-order valence-electron chi connectivity index (χ1n) is 6.64. The minimum Gasteiger partial charge on any atom is -0.381 e. The molecule has 1 N–H and O–H groups in total. The second-order valence-electron chi connectivity index (χ2n) is 4.90. The molecule has 1 atom stereocenters. The molecule has 0 spiro atoms. The van der Waals surface area contributed by atoms with Gasteiger partial charge in [-0.3, -0.25) is 0 Å². The van der Waals surface area contributed by atoms with Crippen molar-refractivity contribution in [2.24, 2.45) is 5.92 Å². The molecule has 1 fully saturated rings. The zero-order valence-corrected chi connectivity index (χ0v) is 10.4. The highest BCUT2D eigenvalue weighted by Gasteiger charge is 2.19. The Morgan fingerprint density at radius 1 is 1.33 bits per heavy atom. The van der Waals surface area contributed by atoms with Gasteiger partial charge in [-0.1, -0.05) is 20.3 Å². The highest BCUT2D eigenvalue weighted by Crippen LogP contribution is 2.18. The predicted molar refractivity (Wildman–Crippen MR) is 65.1 cm³/mol. The topological polar surface area (TPSA) is 21.3 Å². The molecule has 1 aliphatic carbocycles. The molecule has 0 aromatic rings. The lowest BCUT2D eigenvalue weighted by Crippen LogP contribution is -2.18. The molecular weight excluding hydrogens is 186 g/mol. The fourth-order valence-electron chi connectivity index (χ4n) is 1.78. The Bertz CT molecular complexity index is 145. The van der Waals surface area contributed by atoms with Crippen molar-refractivity contribution in [3.63, 3.8) is 0 Å². The van der Waals surface area contributed by atoms with Gasteiger partial charge in [-0.2, -0.15) is 0 Å². The summed E-state index contributed by atoms with van der Waals surface area (Å²) in [5.41, 5.74) is 0. The van der Waals surface area contributed by atoms with E-state index in [1.54, 1.807) is 0 Å². The third-order valence-corrected chi connectivity index (χ3v) is 2.91. The van der Waals surface area contributed by atoms with E-state index >= 15 is 0 Å². The van der Waals surface area contributed by atoms with Crippen LogP contribution in [0.5, 0.6) is 0 Å². The average molecular weight is 213 g/mol. The number of unbranched alkanes of at least 4 members (excludes halogenated alkanes) is 1. The molecule has 0 amide bonds. The van der Waals surface area contributed by atoms with Gasteiger partial charge in [0.2, 0.25) is 0 Å². The van der Waals surface area contributed by atoms with Crippen molar-refractivity contribution in [3.8, 4) is 0 Å². The van der Waals surface area contributed by atoms with E-state index in [1.807, 2.05) is 0 Å². The highest BCUT2D eigenvalue weighted by molar-refractivity contribution is 4.80. The van der Waals surface area contributed by atoms with Crippen LogP contribution >= 0.6 is 0 Å². The normalized spacial score (nSPS) is 18.0. The monoisotopic (exact) mass is 213 g/mol. The molecule has 0 bridgehead atoms. The molecule has 0 aromatic carbocycles. The van der Waals surface area contributed by atoms with Crippen LogP contribution in [0.1, 0.15) is 52.4 Å². The highest BCUT2D eigenvalue weighted by atomic mass is 16.5. The van der Waals surface area contributed by atoms with Crippen molar-refractivity contribution in [3.05, 3.63) is 0 Å². The molecule has 2 heteroatoms. The van der Waals surface area contributed by atoms with Crippen LogP contribution in [0.2, 0.25) is 0 Å². The second-order valence-corrected chi connectivity index (χ2v) is 4.90. The van der Waals surface area contributed by atoms with Gasteiger partial charge >= 0.3 is 0 Å². The van der Waals surface area contributed by atoms with E-state index < -0.39 is 0 Å². The Hall–Kier alpha value is -0.0800. The van der Waals surface area contributed by atoms with Crippen LogP contribution in [-0.4, -0.2) is 25.8 Å². The lowest BCUT2D eigenvalue weighted by atomic mass is 10.1. The number of rotatable bonds is 10. The van der Waals surface area contributed by atoms with Crippen molar-refractivity contribution in [2.45, 2.75) is 58.4 Å². The summed E-state index contributed by atoms with van der Waals surface area (Å²) in [4.78, 5) is 0. The summed E-state index contributed by atoms with van der Waals surface area (Å²) in [5, 5.41) is 3.52. The van der Waals surface area contributed by atoms with E-state index in [9.17, 15) is 0 Å². The third kappa shape index (κ3) is 7.80. The van der Waals surface area contributed by atoms with Crippen LogP contribution in [0.4, 0.5) is 0 Å². The molecule has 0 aliphatic heterocycles. The summed E-state index contributed by atoms with van der Waals surface area (Å²) < 4.78 is 5.64. The van der Waals surface area contributed by atoms with Crippen molar-refractivity contribution in [1.82, 2.24) is 5.32 Å². The summed E-state index contributed by atoms with van der Waals surface area (Å²) in [6.45, 7) is 7.58. The van der Waals surface area contributed by atoms with Crippen LogP contribution in [0.15, 0.2) is 0 Å². The van der Waals surface area contributed by atoms with Gasteiger partial charge in [-0.25, -0.2) is 0 Å². The van der Waals surface area contributed by atoms with E-state index in [-0.39, 0.29) is 0 Å². The Kier molecular flexibility index (Phi) is 7.03. The number of ether oxygens (including phenoxy) is 1. The largest absolute Gasteiger partial charge is 0.381 e. The van der Waals surface area contributed by atoms with E-state index in [1.165, 1.54) is 45.1 Å². The quantitative estimate of drug-likeness (QED) is 0.563. The fourth-order valence-corrected chi connectivity index (χ4v) is 1.78. The van der Waals surface area contributed by atoms with Gasteiger partial charge in [0.1, 0.15) is 0 Å². The Morgan fingerprint density at radius 3 is 2.80 bits per heavy atom. The van der Waals surface area contributed by atoms with Crippen LogP contribution in [0.25, 0.3) is 0 Å². The second kappa shape index (κ2) is 8.12. The molecular formula is C13H27NO. The molecule has 1 rings (SSSR count). The molecule has 0 aromatic heterocycles. The fraction of sp³-hybridized carbons (Fsp3) is 1.00. The zero-order valence-electron chi connectivity index (χ0n) is 10.4. The van der Waals surface area contributed by atoms with Crippen LogP contribution in [0, 0.1) is 5.92 Å². The molecule has 1 aliphatic rings. The van der Waals surface area contributed by atoms with Gasteiger partial charge in [-0.05, 0) is 44.6 Å². The first-order valence-corrected chi connectivity index (χ1v) is 6.64. The van der Waals surface area contributed by atoms with Gasteiger partial charge in [0, 0.05) is 19.3 Å². The molecule has 2 nitrogen and oxygen atoms in total. The van der Waals surface area contributed by atoms with Crippen LogP contribution in [-0.2, 0) is 4.74 Å². The standard InChI is InChI=1S/C13H27NO/c1-3-6-12(2)11-15-10-5-4-9-14-13-7-8-13/h12-14H,3-11H2,1-2H3. The lowest BCUT2D eigenvalue weighted by Gasteiger charge is -2.10. The smallest absolute Gasteiger partial charge is 0.0491 e. The van der Waals surface area contributed by atoms with Crippen LogP contribution in [0.3, 0.4) is 0 Å². The number of hydrogen-bond donors (Lipinski definition) is 1. The maximum atomic E-state index is 5.64. The Balaban J connectivity index is 1.72. The number of hydrogen-bond acceptors (Lipinski definition) is 2. The van der Waals surface area contributed by atoms with Gasteiger partial charge in [0.25, 0.3) is 0 Å². The molecule has 0 saturated heterocycles. The predicted octanol–water partition coefficient (Wildman–Crippen LogP) is 2.97. The van der Waals surface area contributed by atoms with E-state index in [4.69, 9.17) is 4.74 Å². The van der Waals surface area contributed by atoms with E-state index in [0.29, 0.717) is 0 Å². The van der Waals surface area contributed by atoms with Crippen molar-refractivity contribution in [2.75, 3.05) is 19.8 Å². The molecule has 1 saturated carbocycles. The summed E-state index contributed by atoms with van der Waals surface area (Å²) in [6, 6.07) is 0.857. The average Bonchev–Trinajstić information content (AvgIpc) is 3.00. The van der Waals surface area contributed by atoms with Crippen LogP contribution < -0.4 is 5.32 Å². The maximum Gasteiger partial charge on any atom is 0.0491 e. The molecule has 0 heterocycles. The van der Waals surface area contributed by atoms with Gasteiger partial charge in [0.05, 0.1) is 0 Å². The molecule has 1 unspecified atom stereocenters. The minimum absolute atomic E-state index is 0.736. The Labute approximate surface area is 94.8 Å². The van der Waals surface area contributed by atoms with Gasteiger partial charge < -0.3 is 10.1 Å². The lowest BCUT2D eigenvalue weighted by molar-refractivity contribution is 0.0987. The van der Waals surface area contributed by atoms with Gasteiger partial charge in [0.15, 0.2) is 0 Å². The summed E-state index contributed by atoms with van der Waals surface area (Å²) >= 11 is 0. The molecule has 0 radical (unpaired) electrons. The summed E-state index contributed by atoms with van der Waals surface area (Å²) in [6.07, 6.45) is 7.83. The molecule has 15 heavy (non-hydrogen) atoms. The SMILES string of the molecule is CCCC(C)COCCCCNC1CC1. The van der Waals surface area contributed by atoms with E-state index in [2.05, 4.69) is 19.2 Å².